The van der Waals surface area contributed by atoms with Crippen LogP contribution < -0.4 is 14.8 Å². The molecule has 1 saturated heterocycles. The van der Waals surface area contributed by atoms with E-state index in [4.69, 9.17) is 4.74 Å². The molecular formula is C26H34F3N3O3. The van der Waals surface area contributed by atoms with E-state index in [1.165, 1.54) is 17.0 Å². The van der Waals surface area contributed by atoms with Crippen molar-refractivity contribution in [2.45, 2.75) is 52.4 Å². The molecule has 2 aromatic rings. The Morgan fingerprint density at radius 1 is 1.11 bits per heavy atom. The molecule has 0 aliphatic carbocycles. The Morgan fingerprint density at radius 3 is 2.43 bits per heavy atom. The van der Waals surface area contributed by atoms with Gasteiger partial charge < -0.3 is 24.6 Å². The Kier molecular flexibility index (Phi) is 9.65. The number of urea groups is 1. The van der Waals surface area contributed by atoms with Crippen molar-refractivity contribution in [3.05, 3.63) is 59.4 Å². The molecule has 0 saturated carbocycles. The SMILES string of the molecule is CC(C)COc1ccc(CN(Cc2ccc(F)cc2OC(F)F)C(=O)NC2CCN(C)CC2)cc1. The number of alkyl halides is 2. The Morgan fingerprint density at radius 2 is 1.80 bits per heavy atom. The number of nitrogens with zero attached hydrogens (tertiary/aromatic N) is 2. The summed E-state index contributed by atoms with van der Waals surface area (Å²) in [5.74, 6) is 0.156. The highest BCUT2D eigenvalue weighted by Crippen LogP contribution is 2.25. The van der Waals surface area contributed by atoms with Crippen LogP contribution in [0.25, 0.3) is 0 Å². The van der Waals surface area contributed by atoms with E-state index in [1.807, 2.05) is 31.3 Å². The molecule has 1 aliphatic rings. The van der Waals surface area contributed by atoms with Gasteiger partial charge in [-0.05, 0) is 62.7 Å². The highest BCUT2D eigenvalue weighted by Gasteiger charge is 2.23. The van der Waals surface area contributed by atoms with Crippen LogP contribution >= 0.6 is 0 Å². The van der Waals surface area contributed by atoms with E-state index in [1.54, 1.807) is 0 Å². The van der Waals surface area contributed by atoms with Crippen LogP contribution in [0.2, 0.25) is 0 Å². The molecule has 0 spiro atoms. The van der Waals surface area contributed by atoms with Crippen LogP contribution in [0, 0.1) is 11.7 Å². The third-order valence-corrected chi connectivity index (χ3v) is 5.82. The predicted molar refractivity (Wildman–Crippen MR) is 128 cm³/mol. The summed E-state index contributed by atoms with van der Waals surface area (Å²) in [6, 6.07) is 10.6. The zero-order valence-electron chi connectivity index (χ0n) is 20.5. The van der Waals surface area contributed by atoms with Gasteiger partial charge in [-0.15, -0.1) is 0 Å². The summed E-state index contributed by atoms with van der Waals surface area (Å²) < 4.78 is 49.8. The molecule has 35 heavy (non-hydrogen) atoms. The highest BCUT2D eigenvalue weighted by molar-refractivity contribution is 5.74. The molecule has 1 fully saturated rings. The summed E-state index contributed by atoms with van der Waals surface area (Å²) in [6.45, 7) is 3.60. The molecule has 0 atom stereocenters. The largest absolute Gasteiger partial charge is 0.493 e. The van der Waals surface area contributed by atoms with E-state index >= 15 is 0 Å². The molecule has 6 nitrogen and oxygen atoms in total. The number of carbonyl (C=O) groups is 1. The lowest BCUT2D eigenvalue weighted by Crippen LogP contribution is -2.48. The van der Waals surface area contributed by atoms with Gasteiger partial charge in [0.25, 0.3) is 0 Å². The number of carbonyl (C=O) groups excluding carboxylic acids is 1. The predicted octanol–water partition coefficient (Wildman–Crippen LogP) is 5.27. The van der Waals surface area contributed by atoms with Crippen LogP contribution in [0.15, 0.2) is 42.5 Å². The van der Waals surface area contributed by atoms with Gasteiger partial charge in [-0.1, -0.05) is 32.0 Å². The molecule has 2 amide bonds. The highest BCUT2D eigenvalue weighted by atomic mass is 19.3. The second-order valence-electron chi connectivity index (χ2n) is 9.36. The van der Waals surface area contributed by atoms with Gasteiger partial charge in [-0.25, -0.2) is 9.18 Å². The Balaban J connectivity index is 1.77. The number of benzene rings is 2. The number of hydrogen-bond donors (Lipinski definition) is 1. The number of amides is 2. The molecule has 0 unspecified atom stereocenters. The first-order valence-corrected chi connectivity index (χ1v) is 11.9. The van der Waals surface area contributed by atoms with E-state index in [0.29, 0.717) is 18.1 Å². The van der Waals surface area contributed by atoms with Crippen molar-refractivity contribution >= 4 is 6.03 Å². The normalized spacial score (nSPS) is 14.9. The molecular weight excluding hydrogens is 459 g/mol. The second-order valence-corrected chi connectivity index (χ2v) is 9.36. The quantitative estimate of drug-likeness (QED) is 0.490. The van der Waals surface area contributed by atoms with Crippen molar-refractivity contribution in [2.75, 3.05) is 26.7 Å². The van der Waals surface area contributed by atoms with Crippen molar-refractivity contribution in [3.8, 4) is 11.5 Å². The fourth-order valence-corrected chi connectivity index (χ4v) is 3.86. The average Bonchev–Trinajstić information content (AvgIpc) is 2.80. The lowest BCUT2D eigenvalue weighted by molar-refractivity contribution is -0.0508. The van der Waals surface area contributed by atoms with E-state index < -0.39 is 12.4 Å². The molecule has 0 radical (unpaired) electrons. The molecule has 2 aromatic carbocycles. The number of nitrogens with one attached hydrogen (secondary N) is 1. The van der Waals surface area contributed by atoms with Crippen LogP contribution in [-0.4, -0.2) is 55.2 Å². The summed E-state index contributed by atoms with van der Waals surface area (Å²) in [5, 5.41) is 3.07. The van der Waals surface area contributed by atoms with Gasteiger partial charge in [0.2, 0.25) is 0 Å². The van der Waals surface area contributed by atoms with E-state index in [-0.39, 0.29) is 30.9 Å². The summed E-state index contributed by atoms with van der Waals surface area (Å²) in [5.41, 5.74) is 1.14. The van der Waals surface area contributed by atoms with Gasteiger partial charge in [0.05, 0.1) is 13.2 Å². The monoisotopic (exact) mass is 493 g/mol. The van der Waals surface area contributed by atoms with Crippen molar-refractivity contribution in [1.29, 1.82) is 0 Å². The number of piperidine rings is 1. The molecule has 9 heteroatoms. The second kappa shape index (κ2) is 12.7. The molecule has 0 aromatic heterocycles. The minimum Gasteiger partial charge on any atom is -0.493 e. The van der Waals surface area contributed by atoms with Gasteiger partial charge in [0.1, 0.15) is 17.3 Å². The standard InChI is InChI=1S/C26H34F3N3O3/c1-18(2)17-34-23-8-4-19(5-9-23)15-32(26(33)30-22-10-12-31(3)13-11-22)16-20-6-7-21(27)14-24(20)35-25(28)29/h4-9,14,18,22,25H,10-13,15-17H2,1-3H3,(H,30,33). The average molecular weight is 494 g/mol. The van der Waals surface area contributed by atoms with Crippen molar-refractivity contribution in [3.63, 3.8) is 0 Å². The Hall–Kier alpha value is -2.94. The zero-order valence-corrected chi connectivity index (χ0v) is 20.5. The fourth-order valence-electron chi connectivity index (χ4n) is 3.86. The smallest absolute Gasteiger partial charge is 0.387 e. The minimum atomic E-state index is -3.10. The number of ether oxygens (including phenoxy) is 2. The van der Waals surface area contributed by atoms with E-state index in [2.05, 4.69) is 28.8 Å². The summed E-state index contributed by atoms with van der Waals surface area (Å²) >= 11 is 0. The summed E-state index contributed by atoms with van der Waals surface area (Å²) in [4.78, 5) is 17.0. The first kappa shape index (κ1) is 26.7. The minimum absolute atomic E-state index is 0.0214. The van der Waals surface area contributed by atoms with Gasteiger partial charge in [-0.3, -0.25) is 0 Å². The lowest BCUT2D eigenvalue weighted by Gasteiger charge is -2.32. The van der Waals surface area contributed by atoms with Crippen LogP contribution in [0.5, 0.6) is 11.5 Å². The molecule has 3 rings (SSSR count). The maximum atomic E-state index is 13.7. The van der Waals surface area contributed by atoms with Crippen LogP contribution in [0.1, 0.15) is 37.8 Å². The maximum Gasteiger partial charge on any atom is 0.387 e. The van der Waals surface area contributed by atoms with Crippen molar-refractivity contribution < 1.29 is 27.4 Å². The number of hydrogen-bond acceptors (Lipinski definition) is 4. The maximum absolute atomic E-state index is 13.7. The van der Waals surface area contributed by atoms with Crippen molar-refractivity contribution in [2.24, 2.45) is 5.92 Å². The Labute approximate surface area is 205 Å². The molecule has 0 bridgehead atoms. The van der Waals surface area contributed by atoms with Crippen LogP contribution in [0.4, 0.5) is 18.0 Å². The number of halogens is 3. The molecule has 1 aliphatic heterocycles. The topological polar surface area (TPSA) is 54.0 Å². The van der Waals surface area contributed by atoms with Crippen molar-refractivity contribution in [1.82, 2.24) is 15.1 Å². The van der Waals surface area contributed by atoms with Crippen LogP contribution in [0.3, 0.4) is 0 Å². The number of rotatable bonds is 10. The number of likely N-dealkylation sites (tertiary alicyclic amines) is 1. The molecule has 192 valence electrons. The zero-order chi connectivity index (χ0) is 25.4. The first-order valence-electron chi connectivity index (χ1n) is 11.9. The van der Waals surface area contributed by atoms with Gasteiger partial charge in [0, 0.05) is 24.2 Å². The molecule has 1 heterocycles. The third kappa shape index (κ3) is 8.65. The summed E-state index contributed by atoms with van der Waals surface area (Å²) in [6.07, 6.45) is 1.66. The first-order chi connectivity index (χ1) is 16.7. The molecule has 1 N–H and O–H groups in total. The summed E-state index contributed by atoms with van der Waals surface area (Å²) in [7, 11) is 2.04. The third-order valence-electron chi connectivity index (χ3n) is 5.82. The van der Waals surface area contributed by atoms with Gasteiger partial charge in [0.15, 0.2) is 0 Å². The van der Waals surface area contributed by atoms with Gasteiger partial charge in [-0.2, -0.15) is 8.78 Å². The van der Waals surface area contributed by atoms with E-state index in [0.717, 1.165) is 43.3 Å². The van der Waals surface area contributed by atoms with Gasteiger partial charge >= 0.3 is 12.6 Å². The lowest BCUT2D eigenvalue weighted by atomic mass is 10.1. The fraction of sp³-hybridized carbons (Fsp3) is 0.500. The van der Waals surface area contributed by atoms with Crippen LogP contribution in [-0.2, 0) is 13.1 Å². The van der Waals surface area contributed by atoms with E-state index in [9.17, 15) is 18.0 Å². The Bertz CT molecular complexity index is 949.